The summed E-state index contributed by atoms with van der Waals surface area (Å²) in [6.07, 6.45) is 5.87. The Kier molecular flexibility index (Phi) is 5.51. The molecule has 0 unspecified atom stereocenters. The van der Waals surface area contributed by atoms with E-state index in [-0.39, 0.29) is 12.1 Å². The normalized spacial score (nSPS) is 18.8. The van der Waals surface area contributed by atoms with Gasteiger partial charge in [0.1, 0.15) is 0 Å². The summed E-state index contributed by atoms with van der Waals surface area (Å²) in [4.78, 5) is 16.3. The predicted octanol–water partition coefficient (Wildman–Crippen LogP) is 1.19. The number of aryl methyl sites for hydroxylation is 1. The highest BCUT2D eigenvalue weighted by Gasteiger charge is 2.26. The summed E-state index contributed by atoms with van der Waals surface area (Å²) in [5.41, 5.74) is 0.206. The predicted molar refractivity (Wildman–Crippen MR) is 90.5 cm³/mol. The molecule has 1 aliphatic heterocycles. The number of likely N-dealkylation sites (N-methyl/N-ethyl adjacent to an activating group) is 1. The number of aliphatic hydroxyl groups is 1. The van der Waals surface area contributed by atoms with E-state index in [4.69, 9.17) is 0 Å². The molecular formula is C16H29N5O2. The van der Waals surface area contributed by atoms with Gasteiger partial charge in [-0.05, 0) is 33.6 Å². The van der Waals surface area contributed by atoms with Gasteiger partial charge in [-0.15, -0.1) is 0 Å². The maximum atomic E-state index is 12.4. The number of nitrogens with zero attached hydrogens (tertiary/aromatic N) is 4. The molecule has 2 heterocycles. The van der Waals surface area contributed by atoms with Gasteiger partial charge in [0, 0.05) is 38.9 Å². The number of hydrogen-bond donors (Lipinski definition) is 2. The average molecular weight is 323 g/mol. The smallest absolute Gasteiger partial charge is 0.317 e. The number of carbonyl (C=O) groups excluding carboxylic acids is 1. The molecule has 7 nitrogen and oxygen atoms in total. The van der Waals surface area contributed by atoms with Gasteiger partial charge in [-0.2, -0.15) is 5.10 Å². The molecule has 1 aromatic rings. The second kappa shape index (κ2) is 7.21. The number of rotatable bonds is 5. The zero-order valence-electron chi connectivity index (χ0n) is 14.6. The lowest BCUT2D eigenvalue weighted by Gasteiger charge is -2.35. The van der Waals surface area contributed by atoms with Crippen LogP contribution in [0.3, 0.4) is 0 Å². The van der Waals surface area contributed by atoms with E-state index in [1.54, 1.807) is 23.4 Å². The van der Waals surface area contributed by atoms with Crippen LogP contribution in [-0.2, 0) is 7.05 Å². The topological polar surface area (TPSA) is 73.6 Å². The number of carbonyl (C=O) groups is 1. The summed E-state index contributed by atoms with van der Waals surface area (Å²) in [7, 11) is 1.91. The molecule has 0 aromatic carbocycles. The number of urea groups is 1. The minimum atomic E-state index is -0.887. The molecule has 0 spiro atoms. The van der Waals surface area contributed by atoms with E-state index in [9.17, 15) is 9.90 Å². The van der Waals surface area contributed by atoms with Crippen LogP contribution in [0.5, 0.6) is 0 Å². The quantitative estimate of drug-likeness (QED) is 0.854. The van der Waals surface area contributed by atoms with Gasteiger partial charge in [0.15, 0.2) is 0 Å². The second-order valence-corrected chi connectivity index (χ2v) is 6.93. The molecule has 23 heavy (non-hydrogen) atoms. The van der Waals surface area contributed by atoms with Crippen molar-refractivity contribution < 1.29 is 9.90 Å². The van der Waals surface area contributed by atoms with E-state index in [2.05, 4.69) is 15.3 Å². The van der Waals surface area contributed by atoms with E-state index in [0.717, 1.165) is 31.6 Å². The Bertz CT molecular complexity index is 523. The minimum Gasteiger partial charge on any atom is -0.389 e. The van der Waals surface area contributed by atoms with Crippen LogP contribution in [0.4, 0.5) is 10.5 Å². The highest BCUT2D eigenvalue weighted by atomic mass is 16.3. The summed E-state index contributed by atoms with van der Waals surface area (Å²) in [6.45, 7) is 8.04. The SMILES string of the molecule is CCN(CC(C)(C)O)C(=O)N[C@H]1CCCN(c2cnn(C)c2)C1. The molecule has 1 saturated heterocycles. The highest BCUT2D eigenvalue weighted by Crippen LogP contribution is 2.19. The van der Waals surface area contributed by atoms with Gasteiger partial charge in [0.05, 0.1) is 24.0 Å². The molecule has 1 fully saturated rings. The minimum absolute atomic E-state index is 0.104. The van der Waals surface area contributed by atoms with Crippen LogP contribution in [0.2, 0.25) is 0 Å². The number of aromatic nitrogens is 2. The molecule has 0 radical (unpaired) electrons. The summed E-state index contributed by atoms with van der Waals surface area (Å²) in [6, 6.07) is 0.0139. The van der Waals surface area contributed by atoms with Crippen LogP contribution in [0.1, 0.15) is 33.6 Å². The zero-order chi connectivity index (χ0) is 17.0. The van der Waals surface area contributed by atoms with E-state index in [1.807, 2.05) is 26.4 Å². The van der Waals surface area contributed by atoms with Crippen molar-refractivity contribution in [2.24, 2.45) is 7.05 Å². The van der Waals surface area contributed by atoms with Crippen LogP contribution in [0.25, 0.3) is 0 Å². The van der Waals surface area contributed by atoms with Crippen molar-refractivity contribution in [2.45, 2.75) is 45.3 Å². The molecule has 130 valence electrons. The summed E-state index contributed by atoms with van der Waals surface area (Å²) in [5.74, 6) is 0. The molecule has 1 atom stereocenters. The first-order chi connectivity index (χ1) is 10.8. The summed E-state index contributed by atoms with van der Waals surface area (Å²) in [5, 5.41) is 17.2. The van der Waals surface area contributed by atoms with E-state index < -0.39 is 5.60 Å². The Balaban J connectivity index is 1.92. The number of hydrogen-bond acceptors (Lipinski definition) is 4. The van der Waals surface area contributed by atoms with Gasteiger partial charge in [0.2, 0.25) is 0 Å². The van der Waals surface area contributed by atoms with Gasteiger partial charge < -0.3 is 20.2 Å². The average Bonchev–Trinajstić information content (AvgIpc) is 2.90. The third-order valence-corrected chi connectivity index (χ3v) is 4.05. The third kappa shape index (κ3) is 5.13. The van der Waals surface area contributed by atoms with Crippen molar-refractivity contribution in [3.8, 4) is 0 Å². The first-order valence-corrected chi connectivity index (χ1v) is 8.30. The molecule has 1 aliphatic rings. The molecule has 0 aliphatic carbocycles. The van der Waals surface area contributed by atoms with Crippen molar-refractivity contribution in [3.05, 3.63) is 12.4 Å². The van der Waals surface area contributed by atoms with Gasteiger partial charge in [-0.25, -0.2) is 4.79 Å². The molecule has 1 aromatic heterocycles. The molecule has 7 heteroatoms. The Morgan fingerprint density at radius 2 is 2.30 bits per heavy atom. The van der Waals surface area contributed by atoms with Gasteiger partial charge in [-0.1, -0.05) is 0 Å². The Hall–Kier alpha value is -1.76. The fraction of sp³-hybridized carbons (Fsp3) is 0.750. The fourth-order valence-electron chi connectivity index (χ4n) is 2.96. The number of piperidine rings is 1. The van der Waals surface area contributed by atoms with Crippen LogP contribution >= 0.6 is 0 Å². The van der Waals surface area contributed by atoms with Crippen LogP contribution in [0, 0.1) is 0 Å². The van der Waals surface area contributed by atoms with Crippen molar-refractivity contribution >= 4 is 11.7 Å². The second-order valence-electron chi connectivity index (χ2n) is 6.93. The number of nitrogens with one attached hydrogen (secondary N) is 1. The Labute approximate surface area is 138 Å². The van der Waals surface area contributed by atoms with Crippen LogP contribution < -0.4 is 10.2 Å². The van der Waals surface area contributed by atoms with Crippen molar-refractivity contribution in [1.82, 2.24) is 20.0 Å². The standard InChI is InChI=1S/C16H29N5O2/c1-5-20(12-16(2,3)23)15(22)18-13-7-6-8-21(10-13)14-9-17-19(4)11-14/h9,11,13,23H,5-8,10,12H2,1-4H3,(H,18,22)/t13-/m0/s1. The monoisotopic (exact) mass is 323 g/mol. The molecule has 2 amide bonds. The molecule has 0 saturated carbocycles. The van der Waals surface area contributed by atoms with E-state index >= 15 is 0 Å². The highest BCUT2D eigenvalue weighted by molar-refractivity contribution is 5.74. The van der Waals surface area contributed by atoms with Gasteiger partial charge in [0.25, 0.3) is 0 Å². The molecule has 2 N–H and O–H groups in total. The van der Waals surface area contributed by atoms with Crippen molar-refractivity contribution in [1.29, 1.82) is 0 Å². The lowest BCUT2D eigenvalue weighted by Crippen LogP contribution is -2.53. The van der Waals surface area contributed by atoms with E-state index in [1.165, 1.54) is 0 Å². The Morgan fingerprint density at radius 3 is 2.87 bits per heavy atom. The largest absolute Gasteiger partial charge is 0.389 e. The van der Waals surface area contributed by atoms with Gasteiger partial charge in [-0.3, -0.25) is 4.68 Å². The number of amides is 2. The lowest BCUT2D eigenvalue weighted by molar-refractivity contribution is 0.0475. The van der Waals surface area contributed by atoms with Gasteiger partial charge >= 0.3 is 6.03 Å². The van der Waals surface area contributed by atoms with Crippen LogP contribution in [0.15, 0.2) is 12.4 Å². The fourth-order valence-corrected chi connectivity index (χ4v) is 2.96. The molecule has 2 rings (SSSR count). The molecular weight excluding hydrogens is 294 g/mol. The van der Waals surface area contributed by atoms with E-state index in [0.29, 0.717) is 13.1 Å². The lowest BCUT2D eigenvalue weighted by atomic mass is 10.1. The zero-order valence-corrected chi connectivity index (χ0v) is 14.6. The summed E-state index contributed by atoms with van der Waals surface area (Å²) >= 11 is 0. The maximum absolute atomic E-state index is 12.4. The first-order valence-electron chi connectivity index (χ1n) is 8.30. The summed E-state index contributed by atoms with van der Waals surface area (Å²) < 4.78 is 1.79. The Morgan fingerprint density at radius 1 is 1.57 bits per heavy atom. The first kappa shape index (κ1) is 17.6. The van der Waals surface area contributed by atoms with Crippen molar-refractivity contribution in [2.75, 3.05) is 31.1 Å². The molecule has 0 bridgehead atoms. The van der Waals surface area contributed by atoms with Crippen LogP contribution in [-0.4, -0.2) is 63.6 Å². The third-order valence-electron chi connectivity index (χ3n) is 4.05. The maximum Gasteiger partial charge on any atom is 0.317 e. The number of anilines is 1. The van der Waals surface area contributed by atoms with Crippen molar-refractivity contribution in [3.63, 3.8) is 0 Å².